The van der Waals surface area contributed by atoms with Gasteiger partial charge in [-0.1, -0.05) is 86.8 Å². The highest BCUT2D eigenvalue weighted by Crippen LogP contribution is 2.41. The zero-order chi connectivity index (χ0) is 17.3. The van der Waals surface area contributed by atoms with Crippen LogP contribution < -0.4 is 0 Å². The zero-order valence-electron chi connectivity index (χ0n) is 15.1. The maximum atomic E-state index is 12.9. The predicted molar refractivity (Wildman–Crippen MR) is 104 cm³/mol. The third kappa shape index (κ3) is 5.34. The molecule has 1 heterocycles. The normalized spacial score (nSPS) is 22.5. The van der Waals surface area contributed by atoms with Crippen molar-refractivity contribution >= 4 is 21.8 Å². The van der Waals surface area contributed by atoms with Crippen LogP contribution in [0.5, 0.6) is 0 Å². The van der Waals surface area contributed by atoms with Gasteiger partial charge in [-0.2, -0.15) is 0 Å². The quantitative estimate of drug-likeness (QED) is 0.544. The van der Waals surface area contributed by atoms with Crippen molar-refractivity contribution in [3.05, 3.63) is 36.0 Å². The first-order chi connectivity index (χ1) is 11.1. The van der Waals surface area contributed by atoms with Crippen molar-refractivity contribution in [2.45, 2.75) is 64.6 Å². The second-order valence-electron chi connectivity index (χ2n) is 6.19. The van der Waals surface area contributed by atoms with E-state index in [2.05, 4.69) is 65.1 Å². The van der Waals surface area contributed by atoms with Gasteiger partial charge in [0, 0.05) is 13.1 Å². The van der Waals surface area contributed by atoms with E-state index in [1.807, 2.05) is 13.8 Å². The van der Waals surface area contributed by atoms with Crippen LogP contribution >= 0.6 is 15.9 Å². The van der Waals surface area contributed by atoms with E-state index in [-0.39, 0.29) is 5.41 Å². The van der Waals surface area contributed by atoms with Gasteiger partial charge >= 0.3 is 0 Å². The molecule has 3 heteroatoms. The Morgan fingerprint density at radius 2 is 1.87 bits per heavy atom. The van der Waals surface area contributed by atoms with Crippen molar-refractivity contribution in [2.24, 2.45) is 5.41 Å². The number of rotatable bonds is 6. The second kappa shape index (κ2) is 10.1. The van der Waals surface area contributed by atoms with Gasteiger partial charge in [0.05, 0.1) is 10.2 Å². The maximum absolute atomic E-state index is 12.9. The Hall–Kier alpha value is -0.830. The minimum Gasteiger partial charge on any atom is -0.338 e. The molecule has 0 radical (unpaired) electrons. The molecule has 0 aromatic heterocycles. The van der Waals surface area contributed by atoms with Crippen LogP contribution in [0.1, 0.15) is 59.8 Å². The van der Waals surface area contributed by atoms with Gasteiger partial charge in [-0.25, -0.2) is 0 Å². The molecule has 0 spiro atoms. The van der Waals surface area contributed by atoms with Gasteiger partial charge < -0.3 is 4.90 Å². The lowest BCUT2D eigenvalue weighted by Gasteiger charge is -2.27. The summed E-state index contributed by atoms with van der Waals surface area (Å²) in [4.78, 5) is 15.2. The molecular weight excluding hydrogens is 350 g/mol. The second-order valence-corrected chi connectivity index (χ2v) is 7.24. The fourth-order valence-corrected chi connectivity index (χ4v) is 3.86. The summed E-state index contributed by atoms with van der Waals surface area (Å²) in [6.45, 7) is 10.0. The van der Waals surface area contributed by atoms with Crippen LogP contribution in [0.15, 0.2) is 36.0 Å². The molecule has 1 atom stereocenters. The summed E-state index contributed by atoms with van der Waals surface area (Å²) in [5, 5.41) is 0. The van der Waals surface area contributed by atoms with Crippen LogP contribution in [0.3, 0.4) is 0 Å². The molecule has 130 valence electrons. The zero-order valence-corrected chi connectivity index (χ0v) is 16.7. The summed E-state index contributed by atoms with van der Waals surface area (Å²) >= 11 is 3.56. The van der Waals surface area contributed by atoms with Gasteiger partial charge in [-0.05, 0) is 24.8 Å². The van der Waals surface area contributed by atoms with Gasteiger partial charge in [0.25, 0.3) is 0 Å². The molecule has 0 aromatic rings. The molecule has 1 amide bonds. The fourth-order valence-electron chi connectivity index (χ4n) is 3.54. The predicted octanol–water partition coefficient (Wildman–Crippen LogP) is 5.65. The third-order valence-corrected chi connectivity index (χ3v) is 5.14. The van der Waals surface area contributed by atoms with E-state index in [9.17, 15) is 4.79 Å². The first-order valence-electron chi connectivity index (χ1n) is 9.10. The molecule has 1 aliphatic carbocycles. The number of alkyl halides is 1. The number of nitrogens with zero attached hydrogens (tertiary/aromatic N) is 1. The van der Waals surface area contributed by atoms with Crippen LogP contribution in [0.25, 0.3) is 0 Å². The molecule has 0 N–H and O–H groups in total. The Labute approximate surface area is 150 Å². The van der Waals surface area contributed by atoms with Gasteiger partial charge in [0.2, 0.25) is 5.91 Å². The van der Waals surface area contributed by atoms with Crippen molar-refractivity contribution in [2.75, 3.05) is 13.1 Å². The highest BCUT2D eigenvalue weighted by molar-refractivity contribution is 9.09. The van der Waals surface area contributed by atoms with E-state index < -0.39 is 0 Å². The average molecular weight is 382 g/mol. The Morgan fingerprint density at radius 1 is 1.22 bits per heavy atom. The highest BCUT2D eigenvalue weighted by Gasteiger charge is 2.44. The van der Waals surface area contributed by atoms with E-state index in [4.69, 9.17) is 0 Å². The first kappa shape index (κ1) is 20.2. The Morgan fingerprint density at radius 3 is 2.48 bits per heavy atom. The first-order valence-corrected chi connectivity index (χ1v) is 10.0. The molecule has 1 aliphatic heterocycles. The van der Waals surface area contributed by atoms with Crippen molar-refractivity contribution in [3.8, 4) is 0 Å². The SMILES string of the molecule is CC.CCCC1(CCC)CCN(CC2=CC=CC(Br)C=C2)C1=O. The summed E-state index contributed by atoms with van der Waals surface area (Å²) in [6.07, 6.45) is 15.8. The van der Waals surface area contributed by atoms with E-state index in [0.29, 0.717) is 10.7 Å². The molecular formula is C20H32BrNO. The summed E-state index contributed by atoms with van der Waals surface area (Å²) in [5.74, 6) is 0.379. The summed E-state index contributed by atoms with van der Waals surface area (Å²) in [6, 6.07) is 0. The lowest BCUT2D eigenvalue weighted by Crippen LogP contribution is -2.35. The molecule has 2 nitrogen and oxygen atoms in total. The summed E-state index contributed by atoms with van der Waals surface area (Å²) in [5.41, 5.74) is 1.14. The molecule has 0 aromatic carbocycles. The Kier molecular flexibility index (Phi) is 8.90. The topological polar surface area (TPSA) is 20.3 Å². The largest absolute Gasteiger partial charge is 0.338 e. The van der Waals surface area contributed by atoms with E-state index in [1.54, 1.807) is 0 Å². The number of carbonyl (C=O) groups excluding carboxylic acids is 1. The Balaban J connectivity index is 0.00000127. The van der Waals surface area contributed by atoms with Gasteiger partial charge in [-0.15, -0.1) is 0 Å². The fraction of sp³-hybridized carbons (Fsp3) is 0.650. The van der Waals surface area contributed by atoms with E-state index in [1.165, 1.54) is 5.57 Å². The number of amides is 1. The van der Waals surface area contributed by atoms with Gasteiger partial charge in [0.1, 0.15) is 0 Å². The van der Waals surface area contributed by atoms with Crippen molar-refractivity contribution in [1.82, 2.24) is 4.90 Å². The molecule has 2 aliphatic rings. The summed E-state index contributed by atoms with van der Waals surface area (Å²) < 4.78 is 0. The van der Waals surface area contributed by atoms with Crippen LogP contribution in [0, 0.1) is 5.41 Å². The number of hydrogen-bond donors (Lipinski definition) is 0. The molecule has 23 heavy (non-hydrogen) atoms. The summed E-state index contributed by atoms with van der Waals surface area (Å²) in [7, 11) is 0. The number of likely N-dealkylation sites (tertiary alicyclic amines) is 1. The minimum atomic E-state index is -0.0771. The van der Waals surface area contributed by atoms with Crippen LogP contribution in [-0.4, -0.2) is 28.7 Å². The van der Waals surface area contributed by atoms with Gasteiger partial charge in [0.15, 0.2) is 0 Å². The number of allylic oxidation sites excluding steroid dienone is 4. The van der Waals surface area contributed by atoms with Crippen molar-refractivity contribution < 1.29 is 4.79 Å². The van der Waals surface area contributed by atoms with Crippen molar-refractivity contribution in [1.29, 1.82) is 0 Å². The molecule has 2 rings (SSSR count). The molecule has 0 saturated carbocycles. The maximum Gasteiger partial charge on any atom is 0.229 e. The smallest absolute Gasteiger partial charge is 0.229 e. The van der Waals surface area contributed by atoms with Crippen LogP contribution in [-0.2, 0) is 4.79 Å². The van der Waals surface area contributed by atoms with Crippen LogP contribution in [0.2, 0.25) is 0 Å². The third-order valence-electron chi connectivity index (χ3n) is 4.53. The molecule has 1 unspecified atom stereocenters. The number of carbonyl (C=O) groups is 1. The molecule has 1 saturated heterocycles. The van der Waals surface area contributed by atoms with Crippen LogP contribution in [0.4, 0.5) is 0 Å². The van der Waals surface area contributed by atoms with E-state index in [0.717, 1.165) is 45.2 Å². The molecule has 0 bridgehead atoms. The number of halogens is 1. The lowest BCUT2D eigenvalue weighted by atomic mass is 9.78. The molecule has 1 fully saturated rings. The Bertz CT molecular complexity index is 458. The standard InChI is InChI=1S/C18H26BrNO.C2H6/c1-3-10-18(11-4-2)12-13-20(17(18)21)14-15-6-5-7-16(19)9-8-15;1-2/h5-9,16H,3-4,10-14H2,1-2H3;1-2H3. The number of hydrogen-bond acceptors (Lipinski definition) is 1. The monoisotopic (exact) mass is 381 g/mol. The van der Waals surface area contributed by atoms with Crippen molar-refractivity contribution in [3.63, 3.8) is 0 Å². The van der Waals surface area contributed by atoms with Gasteiger partial charge in [-0.3, -0.25) is 4.79 Å². The minimum absolute atomic E-state index is 0.0771. The highest BCUT2D eigenvalue weighted by atomic mass is 79.9. The lowest BCUT2D eigenvalue weighted by molar-refractivity contribution is -0.136. The van der Waals surface area contributed by atoms with E-state index >= 15 is 0 Å². The average Bonchev–Trinajstić information content (AvgIpc) is 2.72.